The average molecular weight is 522 g/mol. The van der Waals surface area contributed by atoms with Gasteiger partial charge < -0.3 is 14.4 Å². The molecule has 1 aliphatic heterocycles. The summed E-state index contributed by atoms with van der Waals surface area (Å²) in [6.45, 7) is 11.1. The molecule has 196 valence electrons. The van der Waals surface area contributed by atoms with E-state index < -0.39 is 0 Å². The topological polar surface area (TPSA) is 81.6 Å². The van der Waals surface area contributed by atoms with Crippen LogP contribution in [-0.4, -0.2) is 46.8 Å². The van der Waals surface area contributed by atoms with Crippen molar-refractivity contribution in [3.8, 4) is 11.6 Å². The third-order valence-electron chi connectivity index (χ3n) is 6.32. The van der Waals surface area contributed by atoms with E-state index in [1.165, 1.54) is 18.3 Å². The fourth-order valence-corrected chi connectivity index (χ4v) is 5.60. The van der Waals surface area contributed by atoms with Crippen LogP contribution in [0.15, 0.2) is 42.6 Å². The molecular formula is C29H35N3O4S. The maximum absolute atomic E-state index is 12.9. The molecule has 37 heavy (non-hydrogen) atoms. The van der Waals surface area contributed by atoms with Crippen molar-refractivity contribution in [1.29, 1.82) is 0 Å². The number of ether oxygens (including phenoxy) is 2. The Morgan fingerprint density at radius 1 is 1.16 bits per heavy atom. The predicted molar refractivity (Wildman–Crippen MR) is 146 cm³/mol. The first-order valence-corrected chi connectivity index (χ1v) is 13.6. The minimum atomic E-state index is 0.0523. The minimum Gasteiger partial charge on any atom is -0.489 e. The Morgan fingerprint density at radius 2 is 1.92 bits per heavy atom. The first-order valence-electron chi connectivity index (χ1n) is 12.8. The molecule has 0 aliphatic carbocycles. The molecular weight excluding hydrogens is 486 g/mol. The van der Waals surface area contributed by atoms with E-state index >= 15 is 0 Å². The van der Waals surface area contributed by atoms with Crippen LogP contribution in [0.5, 0.6) is 11.6 Å². The van der Waals surface area contributed by atoms with Gasteiger partial charge in [0.05, 0.1) is 29.6 Å². The molecule has 0 radical (unpaired) electrons. The van der Waals surface area contributed by atoms with Gasteiger partial charge in [0.25, 0.3) is 0 Å². The normalized spacial score (nSPS) is 16.2. The van der Waals surface area contributed by atoms with Crippen molar-refractivity contribution >= 4 is 28.6 Å². The van der Waals surface area contributed by atoms with Crippen LogP contribution >= 0.6 is 11.3 Å². The number of Topliss-reactive ketones (excluding diaryl/α,β-unsaturated/α-hetero) is 2. The molecule has 0 N–H and O–H groups in total. The van der Waals surface area contributed by atoms with Crippen LogP contribution in [0.1, 0.15) is 72.4 Å². The van der Waals surface area contributed by atoms with E-state index in [0.717, 1.165) is 36.5 Å². The molecule has 3 aromatic rings. The number of carbonyl (C=O) groups is 2. The van der Waals surface area contributed by atoms with Gasteiger partial charge >= 0.3 is 0 Å². The molecule has 4 rings (SSSR count). The fourth-order valence-electron chi connectivity index (χ4n) is 4.52. The van der Waals surface area contributed by atoms with E-state index in [0.29, 0.717) is 27.9 Å². The molecule has 7 nitrogen and oxygen atoms in total. The zero-order chi connectivity index (χ0) is 26.5. The molecule has 0 saturated carbocycles. The second-order valence-electron chi connectivity index (χ2n) is 9.99. The number of carbonyl (C=O) groups excluding carboxylic acids is 2. The highest BCUT2D eigenvalue weighted by atomic mass is 32.1. The van der Waals surface area contributed by atoms with Gasteiger partial charge in [0.2, 0.25) is 5.88 Å². The summed E-state index contributed by atoms with van der Waals surface area (Å²) in [7, 11) is 0. The van der Waals surface area contributed by atoms with Crippen LogP contribution in [0.3, 0.4) is 0 Å². The van der Waals surface area contributed by atoms with Gasteiger partial charge in [-0.15, -0.1) is 11.3 Å². The standard InChI is InChI=1S/C29H35N3O4S/c1-18(2)35-27-16-23(10-12-30-27)32-13-11-25(17-32)36-24-8-6-22(7-9-24)19(3)14-26(34)29-21(5)31-28(37-29)15-20(4)33/h6-10,12,16,18-19,25H,11,13-15,17H2,1-5H3/t19-,25-/m1/s1. The number of aryl methyl sites for hydroxylation is 1. The molecule has 0 unspecified atom stereocenters. The lowest BCUT2D eigenvalue weighted by molar-refractivity contribution is -0.116. The Morgan fingerprint density at radius 3 is 2.62 bits per heavy atom. The molecule has 1 aromatic carbocycles. The summed E-state index contributed by atoms with van der Waals surface area (Å²) in [5, 5.41) is 0.709. The lowest BCUT2D eigenvalue weighted by Crippen LogP contribution is -2.24. The summed E-state index contributed by atoms with van der Waals surface area (Å²) < 4.78 is 12.0. The molecule has 0 bridgehead atoms. The molecule has 8 heteroatoms. The lowest BCUT2D eigenvalue weighted by Gasteiger charge is -2.20. The van der Waals surface area contributed by atoms with Gasteiger partial charge in [-0.05, 0) is 57.4 Å². The summed E-state index contributed by atoms with van der Waals surface area (Å²) in [4.78, 5) is 36.0. The first kappa shape index (κ1) is 26.8. The lowest BCUT2D eigenvalue weighted by atomic mass is 9.95. The Bertz CT molecular complexity index is 1240. The number of aromatic nitrogens is 2. The summed E-state index contributed by atoms with van der Waals surface area (Å²) in [6.07, 6.45) is 3.59. The van der Waals surface area contributed by atoms with Crippen molar-refractivity contribution in [2.45, 2.75) is 72.0 Å². The molecule has 0 amide bonds. The summed E-state index contributed by atoms with van der Waals surface area (Å²) >= 11 is 1.34. The monoisotopic (exact) mass is 521 g/mol. The van der Waals surface area contributed by atoms with Crippen molar-refractivity contribution in [3.63, 3.8) is 0 Å². The fraction of sp³-hybridized carbons (Fsp3) is 0.448. The van der Waals surface area contributed by atoms with E-state index in [2.05, 4.69) is 21.8 Å². The molecule has 2 aromatic heterocycles. The van der Waals surface area contributed by atoms with E-state index in [4.69, 9.17) is 9.47 Å². The number of hydrogen-bond acceptors (Lipinski definition) is 8. The van der Waals surface area contributed by atoms with Gasteiger partial charge in [-0.25, -0.2) is 9.97 Å². The van der Waals surface area contributed by atoms with E-state index in [-0.39, 0.29) is 36.1 Å². The van der Waals surface area contributed by atoms with Crippen LogP contribution in [0, 0.1) is 6.92 Å². The van der Waals surface area contributed by atoms with Crippen LogP contribution in [0.25, 0.3) is 0 Å². The summed E-state index contributed by atoms with van der Waals surface area (Å²) in [5.41, 5.74) is 2.90. The number of thiazole rings is 1. The van der Waals surface area contributed by atoms with Crippen LogP contribution < -0.4 is 14.4 Å². The van der Waals surface area contributed by atoms with Crippen molar-refractivity contribution in [1.82, 2.24) is 9.97 Å². The Labute approximate surface area is 222 Å². The van der Waals surface area contributed by atoms with Crippen molar-refractivity contribution in [3.05, 3.63) is 63.7 Å². The van der Waals surface area contributed by atoms with Gasteiger partial charge in [0.15, 0.2) is 5.78 Å². The van der Waals surface area contributed by atoms with Gasteiger partial charge in [0.1, 0.15) is 22.6 Å². The smallest absolute Gasteiger partial charge is 0.215 e. The van der Waals surface area contributed by atoms with Crippen LogP contribution in [0.2, 0.25) is 0 Å². The zero-order valence-electron chi connectivity index (χ0n) is 22.2. The third kappa shape index (κ3) is 7.16. The third-order valence-corrected chi connectivity index (χ3v) is 7.52. The molecule has 3 heterocycles. The molecule has 0 spiro atoms. The molecule has 1 aliphatic rings. The van der Waals surface area contributed by atoms with Crippen molar-refractivity contribution < 1.29 is 19.1 Å². The van der Waals surface area contributed by atoms with E-state index in [1.54, 1.807) is 6.20 Å². The number of anilines is 1. The van der Waals surface area contributed by atoms with Crippen LogP contribution in [-0.2, 0) is 11.2 Å². The highest BCUT2D eigenvalue weighted by Crippen LogP contribution is 2.29. The Kier molecular flexibility index (Phi) is 8.59. The Hall–Kier alpha value is -3.26. The molecule has 2 atom stereocenters. The number of hydrogen-bond donors (Lipinski definition) is 0. The minimum absolute atomic E-state index is 0.0523. The molecule has 1 fully saturated rings. The summed E-state index contributed by atoms with van der Waals surface area (Å²) in [5.74, 6) is 1.66. The maximum Gasteiger partial charge on any atom is 0.215 e. The number of nitrogens with zero attached hydrogens (tertiary/aromatic N) is 3. The maximum atomic E-state index is 12.9. The number of pyridine rings is 1. The van der Waals surface area contributed by atoms with Gasteiger partial charge in [-0.2, -0.15) is 0 Å². The highest BCUT2D eigenvalue weighted by Gasteiger charge is 2.25. The quantitative estimate of drug-likeness (QED) is 0.295. The SMILES string of the molecule is CC(=O)Cc1nc(C)c(C(=O)C[C@@H](C)c2ccc(O[C@@H]3CCN(c4ccnc(OC(C)C)c4)C3)cc2)s1. The first-order chi connectivity index (χ1) is 17.7. The van der Waals surface area contributed by atoms with Crippen LogP contribution in [0.4, 0.5) is 5.69 Å². The Balaban J connectivity index is 1.31. The largest absolute Gasteiger partial charge is 0.489 e. The predicted octanol–water partition coefficient (Wildman–Crippen LogP) is 5.80. The van der Waals surface area contributed by atoms with Crippen molar-refractivity contribution in [2.75, 3.05) is 18.0 Å². The van der Waals surface area contributed by atoms with Gasteiger partial charge in [-0.3, -0.25) is 9.59 Å². The van der Waals surface area contributed by atoms with E-state index in [9.17, 15) is 9.59 Å². The zero-order valence-corrected chi connectivity index (χ0v) is 23.0. The highest BCUT2D eigenvalue weighted by molar-refractivity contribution is 7.14. The number of rotatable bonds is 11. The number of ketones is 2. The van der Waals surface area contributed by atoms with Gasteiger partial charge in [0, 0.05) is 37.3 Å². The van der Waals surface area contributed by atoms with E-state index in [1.807, 2.05) is 57.2 Å². The second kappa shape index (κ2) is 11.9. The summed E-state index contributed by atoms with van der Waals surface area (Å²) in [6, 6.07) is 12.0. The van der Waals surface area contributed by atoms with Crippen molar-refractivity contribution in [2.24, 2.45) is 0 Å². The molecule has 1 saturated heterocycles. The second-order valence-corrected chi connectivity index (χ2v) is 11.1. The van der Waals surface area contributed by atoms with Gasteiger partial charge in [-0.1, -0.05) is 19.1 Å². The number of benzene rings is 1. The average Bonchev–Trinajstić information content (AvgIpc) is 3.45.